The maximum Gasteiger partial charge on any atom is 0.0959 e. The number of hydrogen-bond acceptors (Lipinski definition) is 1. The zero-order chi connectivity index (χ0) is 7.40. The minimum absolute atomic E-state index is 0.792. The number of hydrogen-bond donors (Lipinski definition) is 0. The molecule has 0 spiro atoms. The molecule has 1 nitrogen and oxygen atoms in total. The Morgan fingerprint density at radius 3 is 2.60 bits per heavy atom. The Hall–Kier alpha value is -0.480. The number of rotatable bonds is 0. The molecule has 0 aromatic carbocycles. The molecule has 0 atom stereocenters. The van der Waals surface area contributed by atoms with Gasteiger partial charge in [-0.3, -0.25) is 0 Å². The maximum absolute atomic E-state index is 8.59. The molecule has 0 amide bonds. The molecule has 1 rings (SSSR count). The minimum Gasteiger partial charge on any atom is -0.193 e. The first kappa shape index (κ1) is 7.63. The predicted octanol–water partition coefficient (Wildman–Crippen LogP) is 2.97. The van der Waals surface area contributed by atoms with Crippen molar-refractivity contribution in [2.24, 2.45) is 0 Å². The molecule has 0 saturated heterocycles. The molecule has 0 fully saturated rings. The Balaban J connectivity index is 2.70. The lowest BCUT2D eigenvalue weighted by molar-refractivity contribution is 0.712. The molecule has 0 saturated carbocycles. The van der Waals surface area contributed by atoms with Gasteiger partial charge in [0.25, 0.3) is 0 Å². The molecule has 0 heterocycles. The minimum atomic E-state index is 0.792. The van der Waals surface area contributed by atoms with Crippen LogP contribution in [0.25, 0.3) is 0 Å². The van der Waals surface area contributed by atoms with Gasteiger partial charge in [-0.2, -0.15) is 5.26 Å². The molecule has 0 bridgehead atoms. The molecule has 1 aliphatic carbocycles. The van der Waals surface area contributed by atoms with Crippen molar-refractivity contribution >= 4 is 11.6 Å². The number of halogens is 1. The van der Waals surface area contributed by atoms with Crippen LogP contribution in [0.1, 0.15) is 32.1 Å². The average Bonchev–Trinajstić information content (AvgIpc) is 2.13. The second kappa shape index (κ2) is 3.63. The summed E-state index contributed by atoms with van der Waals surface area (Å²) in [7, 11) is 0. The zero-order valence-corrected chi connectivity index (χ0v) is 6.62. The highest BCUT2D eigenvalue weighted by atomic mass is 35.5. The van der Waals surface area contributed by atoms with E-state index in [9.17, 15) is 0 Å². The van der Waals surface area contributed by atoms with E-state index in [4.69, 9.17) is 16.9 Å². The van der Waals surface area contributed by atoms with E-state index in [0.29, 0.717) is 0 Å². The molecule has 0 unspecified atom stereocenters. The Morgan fingerprint density at radius 2 is 1.90 bits per heavy atom. The molecule has 0 aromatic rings. The lowest BCUT2D eigenvalue weighted by Gasteiger charge is -1.93. The number of allylic oxidation sites excluding steroid dienone is 2. The third-order valence-corrected chi connectivity index (χ3v) is 2.20. The van der Waals surface area contributed by atoms with Gasteiger partial charge in [0.15, 0.2) is 0 Å². The predicted molar refractivity (Wildman–Crippen MR) is 41.6 cm³/mol. The van der Waals surface area contributed by atoms with E-state index < -0.39 is 0 Å². The summed E-state index contributed by atoms with van der Waals surface area (Å²) in [6.07, 6.45) is 5.27. The van der Waals surface area contributed by atoms with Gasteiger partial charge in [0, 0.05) is 10.6 Å². The molecule has 0 N–H and O–H groups in total. The van der Waals surface area contributed by atoms with Crippen molar-refractivity contribution in [2.45, 2.75) is 32.1 Å². The average molecular weight is 156 g/mol. The van der Waals surface area contributed by atoms with Crippen molar-refractivity contribution in [2.75, 3.05) is 0 Å². The van der Waals surface area contributed by atoms with Gasteiger partial charge < -0.3 is 0 Å². The molecular formula is C8H10ClN. The summed E-state index contributed by atoms with van der Waals surface area (Å²) in [5.41, 5.74) is 0.805. The molecule has 10 heavy (non-hydrogen) atoms. The molecule has 0 aromatic heterocycles. The van der Waals surface area contributed by atoms with Crippen molar-refractivity contribution < 1.29 is 0 Å². The first-order valence-electron chi connectivity index (χ1n) is 3.62. The van der Waals surface area contributed by atoms with Crippen molar-refractivity contribution in [3.63, 3.8) is 0 Å². The van der Waals surface area contributed by atoms with Crippen LogP contribution in [0.2, 0.25) is 0 Å². The third-order valence-electron chi connectivity index (χ3n) is 1.79. The van der Waals surface area contributed by atoms with Gasteiger partial charge in [0.2, 0.25) is 0 Å². The highest BCUT2D eigenvalue weighted by molar-refractivity contribution is 6.30. The Kier molecular flexibility index (Phi) is 2.77. The molecule has 0 radical (unpaired) electrons. The van der Waals surface area contributed by atoms with Gasteiger partial charge in [0.1, 0.15) is 0 Å². The molecule has 54 valence electrons. The van der Waals surface area contributed by atoms with Crippen LogP contribution < -0.4 is 0 Å². The molecule has 1 aliphatic rings. The van der Waals surface area contributed by atoms with E-state index in [2.05, 4.69) is 6.07 Å². The summed E-state index contributed by atoms with van der Waals surface area (Å²) in [5, 5.41) is 9.39. The van der Waals surface area contributed by atoms with Crippen LogP contribution in [0.3, 0.4) is 0 Å². The molecular weight excluding hydrogens is 146 g/mol. The SMILES string of the molecule is N#CC1=C(Cl)CCCCC1. The largest absolute Gasteiger partial charge is 0.193 e. The van der Waals surface area contributed by atoms with Gasteiger partial charge in [0.05, 0.1) is 6.07 Å². The van der Waals surface area contributed by atoms with E-state index in [1.165, 1.54) is 6.42 Å². The second-order valence-electron chi connectivity index (χ2n) is 2.56. The fourth-order valence-corrected chi connectivity index (χ4v) is 1.43. The van der Waals surface area contributed by atoms with Gasteiger partial charge in [-0.25, -0.2) is 0 Å². The van der Waals surface area contributed by atoms with E-state index in [1.54, 1.807) is 0 Å². The van der Waals surface area contributed by atoms with Gasteiger partial charge in [-0.1, -0.05) is 18.0 Å². The summed E-state index contributed by atoms with van der Waals surface area (Å²) in [5.74, 6) is 0. The third kappa shape index (κ3) is 1.75. The van der Waals surface area contributed by atoms with Gasteiger partial charge >= 0.3 is 0 Å². The topological polar surface area (TPSA) is 23.8 Å². The first-order valence-corrected chi connectivity index (χ1v) is 4.00. The summed E-state index contributed by atoms with van der Waals surface area (Å²) >= 11 is 5.84. The Morgan fingerprint density at radius 1 is 1.20 bits per heavy atom. The van der Waals surface area contributed by atoms with Gasteiger partial charge in [-0.05, 0) is 25.7 Å². The van der Waals surface area contributed by atoms with Crippen LogP contribution in [0.5, 0.6) is 0 Å². The summed E-state index contributed by atoms with van der Waals surface area (Å²) in [4.78, 5) is 0. The van der Waals surface area contributed by atoms with Crippen LogP contribution in [0, 0.1) is 11.3 Å². The monoisotopic (exact) mass is 155 g/mol. The van der Waals surface area contributed by atoms with Crippen LogP contribution in [-0.2, 0) is 0 Å². The smallest absolute Gasteiger partial charge is 0.0959 e. The van der Waals surface area contributed by atoms with Gasteiger partial charge in [-0.15, -0.1) is 0 Å². The van der Waals surface area contributed by atoms with E-state index in [-0.39, 0.29) is 0 Å². The normalized spacial score (nSPS) is 20.0. The fourth-order valence-electron chi connectivity index (χ4n) is 1.16. The molecule has 0 aliphatic heterocycles. The molecule has 2 heteroatoms. The highest BCUT2D eigenvalue weighted by Gasteiger charge is 2.07. The Labute approximate surface area is 66.3 Å². The van der Waals surface area contributed by atoms with Crippen LogP contribution in [-0.4, -0.2) is 0 Å². The van der Waals surface area contributed by atoms with Crippen molar-refractivity contribution in [3.05, 3.63) is 10.6 Å². The van der Waals surface area contributed by atoms with E-state index >= 15 is 0 Å². The first-order chi connectivity index (χ1) is 4.84. The maximum atomic E-state index is 8.59. The van der Waals surface area contributed by atoms with Crippen LogP contribution in [0.15, 0.2) is 10.6 Å². The lowest BCUT2D eigenvalue weighted by atomic mass is 10.1. The number of nitrogens with zero attached hydrogens (tertiary/aromatic N) is 1. The van der Waals surface area contributed by atoms with Crippen molar-refractivity contribution in [1.82, 2.24) is 0 Å². The fraction of sp³-hybridized carbons (Fsp3) is 0.625. The highest BCUT2D eigenvalue weighted by Crippen LogP contribution is 2.25. The van der Waals surface area contributed by atoms with E-state index in [0.717, 1.165) is 36.3 Å². The second-order valence-corrected chi connectivity index (χ2v) is 3.01. The van der Waals surface area contributed by atoms with Crippen molar-refractivity contribution in [3.8, 4) is 6.07 Å². The standard InChI is InChI=1S/C8H10ClN/c9-8-5-3-1-2-4-7(8)6-10/h1-5H2. The Bertz CT molecular complexity index is 188. The zero-order valence-electron chi connectivity index (χ0n) is 5.86. The van der Waals surface area contributed by atoms with E-state index in [1.807, 2.05) is 0 Å². The van der Waals surface area contributed by atoms with Crippen molar-refractivity contribution in [1.29, 1.82) is 5.26 Å². The lowest BCUT2D eigenvalue weighted by Crippen LogP contribution is -1.79. The number of nitriles is 1. The van der Waals surface area contributed by atoms with Crippen LogP contribution >= 0.6 is 11.6 Å². The quantitative estimate of drug-likeness (QED) is 0.528. The summed E-state index contributed by atoms with van der Waals surface area (Å²) in [6.45, 7) is 0. The van der Waals surface area contributed by atoms with Crippen LogP contribution in [0.4, 0.5) is 0 Å². The summed E-state index contributed by atoms with van der Waals surface area (Å²) in [6, 6.07) is 2.14. The summed E-state index contributed by atoms with van der Waals surface area (Å²) < 4.78 is 0.